The maximum atomic E-state index is 15.0. The van der Waals surface area contributed by atoms with Crippen LogP contribution in [0.5, 0.6) is 28.7 Å². The summed E-state index contributed by atoms with van der Waals surface area (Å²) in [7, 11) is 4.63. The molecule has 5 bridgehead atoms. The summed E-state index contributed by atoms with van der Waals surface area (Å²) in [4.78, 5) is 49.8. The molecule has 78 heavy (non-hydrogen) atoms. The number of ether oxygens (including phenoxy) is 9. The number of epoxide rings is 1. The first-order valence-corrected chi connectivity index (χ1v) is 29.5. The van der Waals surface area contributed by atoms with Crippen molar-refractivity contribution in [3.8, 4) is 52.4 Å². The number of hydrogen-bond donors (Lipinski definition) is 3. The number of benzene rings is 2. The van der Waals surface area contributed by atoms with Crippen LogP contribution in [0.2, 0.25) is 22.8 Å². The van der Waals surface area contributed by atoms with Crippen molar-refractivity contribution in [3.05, 3.63) is 58.4 Å². The molecule has 422 valence electrons. The molecule has 6 aliphatic rings. The normalized spacial score (nSPS) is 28.7. The minimum absolute atomic E-state index is 0.0573. The number of carbonyl (C=O) groups is 3. The van der Waals surface area contributed by atoms with Crippen LogP contribution in [-0.4, -0.2) is 147 Å². The number of methoxy groups -OCH3 is 2. The number of nitrogens with one attached hydrogen (secondary N) is 1. The number of hydrogen-bond acceptors (Lipinski definition) is 17. The van der Waals surface area contributed by atoms with Gasteiger partial charge in [0.2, 0.25) is 5.75 Å². The van der Waals surface area contributed by atoms with Crippen LogP contribution < -0.4 is 29.0 Å². The van der Waals surface area contributed by atoms with E-state index < -0.39 is 98.7 Å². The van der Waals surface area contributed by atoms with E-state index in [9.17, 15) is 24.6 Å². The fourth-order valence-corrected chi connectivity index (χ4v) is 14.7. The highest BCUT2D eigenvalue weighted by molar-refractivity contribution is 6.75. The van der Waals surface area contributed by atoms with Crippen molar-refractivity contribution >= 4 is 48.5 Å². The fourth-order valence-electron chi connectivity index (χ4n) is 10.9. The molecule has 1 spiro atoms. The third-order valence-electron chi connectivity index (χ3n) is 15.4. The molecule has 3 aromatic rings. The topological polar surface area (TPSA) is 215 Å². The Hall–Kier alpha value is -5.45. The van der Waals surface area contributed by atoms with Crippen molar-refractivity contribution in [2.45, 2.75) is 178 Å². The van der Waals surface area contributed by atoms with E-state index in [1.54, 1.807) is 32.9 Å². The molecule has 4 aliphatic heterocycles. The summed E-state index contributed by atoms with van der Waals surface area (Å²) in [5.74, 6) is 10.7. The molecular weight excluding hydrogens is 1040 g/mol. The van der Waals surface area contributed by atoms with Crippen LogP contribution in [0.15, 0.2) is 42.0 Å². The Bertz CT molecular complexity index is 2950. The van der Waals surface area contributed by atoms with E-state index in [1.807, 2.05) is 34.9 Å². The molecule has 3 N–H and O–H groups in total. The average molecular weight is 1120 g/mol. The molecule has 5 heterocycles. The van der Waals surface area contributed by atoms with Crippen LogP contribution in [0.25, 0.3) is 10.8 Å². The standard InChI is InChI=1S/C58H74ClN3O15Si/c1-15-78(16-2,32(5)6)77-42-29-48(72-33(7)49(42)62(11)12)75-46-30-70-47(63)28-39(38-19-20-40(53(59)60-38)73-44-26-35-21-23-57(46,67)22-17-18-45-58(35,76-45)52(44)64)61-54(65)37-27-36-34(24-41(37)74-55(66)56(8,9)10)25-43(71-31(3)4)51(69-14)50(36)68-13/h19-20,24-27,31-33,39,42,44-46,48-49,52,64,67H,15-16,22,28-30H2,1-14H3,(H,61,65)/t33-,39+,42-,44-,45-,46+,48-,49+,52+,57+,58+/m0/s1. The number of aliphatic hydroxyl groups excluding tert-OH is 1. The van der Waals surface area contributed by atoms with Gasteiger partial charge in [-0.1, -0.05) is 63.0 Å². The number of carbonyl (C=O) groups excluding carboxylic acids is 3. The first-order chi connectivity index (χ1) is 36.8. The Kier molecular flexibility index (Phi) is 17.3. The van der Waals surface area contributed by atoms with Crippen LogP contribution in [0.1, 0.15) is 111 Å². The second kappa shape index (κ2) is 23.0. The van der Waals surface area contributed by atoms with Gasteiger partial charge in [-0.3, -0.25) is 14.4 Å². The Morgan fingerprint density at radius 3 is 2.38 bits per heavy atom. The van der Waals surface area contributed by atoms with Gasteiger partial charge < -0.3 is 67.5 Å². The maximum absolute atomic E-state index is 15.0. The predicted molar refractivity (Wildman–Crippen MR) is 292 cm³/mol. The number of nitrogens with zero attached hydrogens (tertiary/aromatic N) is 2. The Morgan fingerprint density at radius 1 is 1.05 bits per heavy atom. The van der Waals surface area contributed by atoms with Gasteiger partial charge in [0.15, 0.2) is 54.3 Å². The first-order valence-electron chi connectivity index (χ1n) is 26.7. The zero-order valence-corrected chi connectivity index (χ0v) is 48.8. The molecule has 0 unspecified atom stereocenters. The van der Waals surface area contributed by atoms with E-state index in [1.165, 1.54) is 38.5 Å². The molecule has 0 radical (unpaired) electrons. The smallest absolute Gasteiger partial charge is 0.316 e. The van der Waals surface area contributed by atoms with Crippen molar-refractivity contribution in [1.29, 1.82) is 0 Å². The lowest BCUT2D eigenvalue weighted by atomic mass is 9.92. The van der Waals surface area contributed by atoms with Crippen molar-refractivity contribution < 1.29 is 71.7 Å². The minimum Gasteiger partial charge on any atom is -0.492 e. The second-order valence-corrected chi connectivity index (χ2v) is 27.8. The van der Waals surface area contributed by atoms with Crippen LogP contribution in [0, 0.1) is 29.1 Å². The van der Waals surface area contributed by atoms with E-state index in [0.29, 0.717) is 27.6 Å². The fraction of sp³-hybridized carbons (Fsp3) is 0.586. The molecule has 20 heteroatoms. The van der Waals surface area contributed by atoms with Crippen LogP contribution in [-0.2, 0) is 33.0 Å². The molecule has 2 saturated heterocycles. The van der Waals surface area contributed by atoms with Gasteiger partial charge in [-0.05, 0) is 115 Å². The van der Waals surface area contributed by atoms with Crippen molar-refractivity contribution in [1.82, 2.24) is 15.2 Å². The lowest BCUT2D eigenvalue weighted by molar-refractivity contribution is -0.267. The molecule has 9 rings (SSSR count). The summed E-state index contributed by atoms with van der Waals surface area (Å²) in [6, 6.07) is 8.17. The van der Waals surface area contributed by atoms with E-state index in [2.05, 4.69) is 66.6 Å². The molecule has 2 aliphatic carbocycles. The summed E-state index contributed by atoms with van der Waals surface area (Å²) >= 11 is 6.86. The van der Waals surface area contributed by atoms with E-state index in [4.69, 9.17) is 58.7 Å². The zero-order valence-electron chi connectivity index (χ0n) is 47.0. The largest absolute Gasteiger partial charge is 0.492 e. The number of likely N-dealkylation sites (N-methyl/N-ethyl adjacent to an activating group) is 1. The SMILES string of the molecule is CC[Si](CC)(O[C@H]1C[C@H](O[C@@H]2COC(=O)C[C@@H](NC(=O)c3cc4c(OC)c(OC)c(OC(C)C)cc4cc3OC(=O)C(C)(C)C)c3ccc(c(Cl)n3)O[C@H]3C=C4C#C[C@]2(O)CC#C[C@@H]2O[C@]42[C@@H]3O)O[C@@H](C)[C@H]1N(C)C)C(C)C. The summed E-state index contributed by atoms with van der Waals surface area (Å²) in [6.45, 7) is 19.0. The Labute approximate surface area is 463 Å². The van der Waals surface area contributed by atoms with Crippen molar-refractivity contribution in [3.63, 3.8) is 0 Å². The van der Waals surface area contributed by atoms with Crippen molar-refractivity contribution in [2.75, 3.05) is 34.9 Å². The number of aromatic nitrogens is 1. The monoisotopic (exact) mass is 1120 g/mol. The molecule has 1 aromatic heterocycles. The molecule has 18 nitrogen and oxygen atoms in total. The summed E-state index contributed by atoms with van der Waals surface area (Å²) in [5, 5.41) is 28.3. The number of halogens is 1. The zero-order chi connectivity index (χ0) is 56.8. The molecule has 2 fully saturated rings. The van der Waals surface area contributed by atoms with Gasteiger partial charge in [0.1, 0.15) is 30.7 Å². The van der Waals surface area contributed by atoms with E-state index in [0.717, 1.165) is 12.1 Å². The number of pyridine rings is 1. The van der Waals surface area contributed by atoms with Crippen LogP contribution >= 0.6 is 11.6 Å². The predicted octanol–water partition coefficient (Wildman–Crippen LogP) is 7.62. The third kappa shape index (κ3) is 11.6. The highest BCUT2D eigenvalue weighted by atomic mass is 35.5. The summed E-state index contributed by atoms with van der Waals surface area (Å²) < 4.78 is 62.8. The lowest BCUT2D eigenvalue weighted by Gasteiger charge is -2.48. The molecular formula is C58H74ClN3O15Si. The van der Waals surface area contributed by atoms with Gasteiger partial charge in [-0.2, -0.15) is 0 Å². The minimum atomic E-state index is -2.27. The molecule has 1 amide bonds. The number of rotatable bonds is 15. The quantitative estimate of drug-likeness (QED) is 0.0333. The van der Waals surface area contributed by atoms with Gasteiger partial charge in [-0.25, -0.2) is 4.98 Å². The second-order valence-electron chi connectivity index (χ2n) is 22.5. The van der Waals surface area contributed by atoms with Crippen LogP contribution in [0.4, 0.5) is 0 Å². The summed E-state index contributed by atoms with van der Waals surface area (Å²) in [5.41, 5.74) is -3.78. The van der Waals surface area contributed by atoms with Crippen molar-refractivity contribution in [2.24, 2.45) is 5.41 Å². The van der Waals surface area contributed by atoms with Crippen LogP contribution in [0.3, 0.4) is 0 Å². The van der Waals surface area contributed by atoms with Gasteiger partial charge in [-0.15, -0.1) is 0 Å². The van der Waals surface area contributed by atoms with Gasteiger partial charge in [0.05, 0.1) is 74.1 Å². The number of amides is 1. The van der Waals surface area contributed by atoms with E-state index in [-0.39, 0.29) is 70.5 Å². The maximum Gasteiger partial charge on any atom is 0.316 e. The number of esters is 2. The van der Waals surface area contributed by atoms with Gasteiger partial charge in [0, 0.05) is 17.4 Å². The molecule has 0 saturated carbocycles. The number of fused-ring (bicyclic) bond motifs is 8. The highest BCUT2D eigenvalue weighted by Gasteiger charge is 2.69. The van der Waals surface area contributed by atoms with E-state index >= 15 is 0 Å². The molecule has 2 aromatic carbocycles. The summed E-state index contributed by atoms with van der Waals surface area (Å²) in [6.07, 6.45) is -5.35. The third-order valence-corrected chi connectivity index (χ3v) is 20.9. The van der Waals surface area contributed by atoms with Gasteiger partial charge >= 0.3 is 11.9 Å². The van der Waals surface area contributed by atoms with Gasteiger partial charge in [0.25, 0.3) is 5.91 Å². The Morgan fingerprint density at radius 2 is 1.76 bits per heavy atom. The highest BCUT2D eigenvalue weighted by Crippen LogP contribution is 2.52. The number of aliphatic hydroxyl groups is 2. The molecule has 11 atom stereocenters. The first kappa shape index (κ1) is 58.7. The lowest BCUT2D eigenvalue weighted by Crippen LogP contribution is -2.60. The Balaban J connectivity index is 1.19. The average Bonchev–Trinajstić information content (AvgIpc) is 4.06.